The molecule has 102 valence electrons. The zero-order chi connectivity index (χ0) is 13.8. The second kappa shape index (κ2) is 6.40. The van der Waals surface area contributed by atoms with Crippen molar-refractivity contribution >= 4 is 33.8 Å². The number of halogens is 1. The molecule has 1 heterocycles. The Bertz CT molecular complexity index is 516. The van der Waals surface area contributed by atoms with Gasteiger partial charge in [0.1, 0.15) is 16.4 Å². The summed E-state index contributed by atoms with van der Waals surface area (Å²) >= 11 is 7.30. The molecule has 0 unspecified atom stereocenters. The highest BCUT2D eigenvalue weighted by molar-refractivity contribution is 7.16. The minimum absolute atomic E-state index is 0.243. The number of nitrogens with one attached hydrogen (secondary N) is 1. The van der Waals surface area contributed by atoms with Gasteiger partial charge in [0.2, 0.25) is 5.91 Å². The van der Waals surface area contributed by atoms with E-state index in [-0.39, 0.29) is 5.91 Å². The summed E-state index contributed by atoms with van der Waals surface area (Å²) in [5.41, 5.74) is 1.79. The summed E-state index contributed by atoms with van der Waals surface area (Å²) in [6.07, 6.45) is 6.72. The number of anilines is 1. The first-order valence-corrected chi connectivity index (χ1v) is 7.88. The first-order valence-electron chi connectivity index (χ1n) is 6.63. The van der Waals surface area contributed by atoms with Gasteiger partial charge in [-0.15, -0.1) is 22.9 Å². The highest BCUT2D eigenvalue weighted by Gasteiger charge is 2.21. The lowest BCUT2D eigenvalue weighted by Crippen LogP contribution is -2.20. The molecule has 0 aromatic carbocycles. The van der Waals surface area contributed by atoms with Gasteiger partial charge in [-0.2, -0.15) is 5.26 Å². The number of hydrogen-bond acceptors (Lipinski definition) is 3. The fraction of sp³-hybridized carbons (Fsp3) is 0.571. The van der Waals surface area contributed by atoms with Crippen molar-refractivity contribution in [1.29, 1.82) is 5.26 Å². The zero-order valence-corrected chi connectivity index (χ0v) is 12.5. The average molecular weight is 297 g/mol. The van der Waals surface area contributed by atoms with Crippen molar-refractivity contribution < 1.29 is 4.79 Å². The molecular formula is C14H17ClN2OS. The molecule has 0 saturated carbocycles. The molecule has 0 radical (unpaired) electrons. The molecule has 1 aromatic rings. The van der Waals surface area contributed by atoms with E-state index in [1.807, 2.05) is 0 Å². The fourth-order valence-corrected chi connectivity index (χ4v) is 3.63. The number of rotatable bonds is 2. The van der Waals surface area contributed by atoms with Crippen LogP contribution in [-0.4, -0.2) is 11.3 Å². The molecule has 0 bridgehead atoms. The summed E-state index contributed by atoms with van der Waals surface area (Å²) in [5.74, 6) is -0.243. The Kier molecular flexibility index (Phi) is 4.84. The summed E-state index contributed by atoms with van der Waals surface area (Å²) in [6, 6.07) is 2.25. The third-order valence-corrected chi connectivity index (χ3v) is 4.79. The zero-order valence-electron chi connectivity index (χ0n) is 11.0. The maximum atomic E-state index is 11.7. The molecule has 1 aliphatic rings. The van der Waals surface area contributed by atoms with E-state index in [9.17, 15) is 10.1 Å². The Morgan fingerprint density at radius 2 is 2.05 bits per heavy atom. The lowest BCUT2D eigenvalue weighted by Gasteiger charge is -2.08. The Labute approximate surface area is 122 Å². The minimum Gasteiger partial charge on any atom is -0.315 e. The van der Waals surface area contributed by atoms with Crippen molar-refractivity contribution in [3.05, 3.63) is 16.0 Å². The molecule has 0 saturated heterocycles. The molecule has 3 nitrogen and oxygen atoms in total. The second-order valence-corrected chi connectivity index (χ2v) is 6.60. The number of alkyl halides is 1. The van der Waals surface area contributed by atoms with Gasteiger partial charge in [-0.1, -0.05) is 12.8 Å². The lowest BCUT2D eigenvalue weighted by atomic mass is 9.97. The molecule has 0 fully saturated rings. The van der Waals surface area contributed by atoms with Gasteiger partial charge >= 0.3 is 0 Å². The van der Waals surface area contributed by atoms with Gasteiger partial charge in [-0.3, -0.25) is 4.79 Å². The summed E-state index contributed by atoms with van der Waals surface area (Å²) in [7, 11) is 0. The average Bonchev–Trinajstić information content (AvgIpc) is 2.65. The number of nitrogens with zero attached hydrogens (tertiary/aromatic N) is 1. The van der Waals surface area contributed by atoms with Crippen LogP contribution in [0, 0.1) is 11.3 Å². The van der Waals surface area contributed by atoms with Gasteiger partial charge in [0.05, 0.1) is 5.56 Å². The molecule has 1 atom stereocenters. The first kappa shape index (κ1) is 14.4. The van der Waals surface area contributed by atoms with E-state index in [4.69, 9.17) is 11.6 Å². The Morgan fingerprint density at radius 1 is 1.37 bits per heavy atom. The Morgan fingerprint density at radius 3 is 2.68 bits per heavy atom. The molecule has 1 N–H and O–H groups in total. The number of carbonyl (C=O) groups is 1. The number of carbonyl (C=O) groups excluding carboxylic acids is 1. The molecule has 0 aliphatic heterocycles. The lowest BCUT2D eigenvalue weighted by molar-refractivity contribution is -0.115. The predicted octanol–water partition coefficient (Wildman–Crippen LogP) is 3.84. The number of hydrogen-bond donors (Lipinski definition) is 1. The van der Waals surface area contributed by atoms with Gasteiger partial charge < -0.3 is 5.32 Å². The number of thiophene rings is 1. The summed E-state index contributed by atoms with van der Waals surface area (Å²) in [5, 5.41) is 12.2. The highest BCUT2D eigenvalue weighted by atomic mass is 35.5. The van der Waals surface area contributed by atoms with Crippen LogP contribution in [0.5, 0.6) is 0 Å². The summed E-state index contributed by atoms with van der Waals surface area (Å²) < 4.78 is 0. The standard InChI is InChI=1S/C14H17ClN2OS/c1-9(15)13(18)17-14-11(8-16)10-6-4-2-3-5-7-12(10)19-14/h9H,2-7H2,1H3,(H,17,18)/t9-/m0/s1. The summed E-state index contributed by atoms with van der Waals surface area (Å²) in [6.45, 7) is 1.63. The van der Waals surface area contributed by atoms with Crippen LogP contribution in [-0.2, 0) is 17.6 Å². The van der Waals surface area contributed by atoms with Crippen LogP contribution >= 0.6 is 22.9 Å². The largest absolute Gasteiger partial charge is 0.315 e. The van der Waals surface area contributed by atoms with Crippen LogP contribution in [0.25, 0.3) is 0 Å². The monoisotopic (exact) mass is 296 g/mol. The molecule has 1 aliphatic carbocycles. The predicted molar refractivity (Wildman–Crippen MR) is 78.9 cm³/mol. The van der Waals surface area contributed by atoms with E-state index in [0.717, 1.165) is 31.2 Å². The van der Waals surface area contributed by atoms with Gasteiger partial charge in [-0.05, 0) is 38.2 Å². The van der Waals surface area contributed by atoms with Gasteiger partial charge in [0.15, 0.2) is 0 Å². The molecule has 2 rings (SSSR count). The highest BCUT2D eigenvalue weighted by Crippen LogP contribution is 2.36. The van der Waals surface area contributed by atoms with Crippen molar-refractivity contribution in [2.24, 2.45) is 0 Å². The van der Waals surface area contributed by atoms with E-state index in [1.165, 1.54) is 17.7 Å². The molecular weight excluding hydrogens is 280 g/mol. The van der Waals surface area contributed by atoms with Crippen molar-refractivity contribution in [2.45, 2.75) is 50.8 Å². The molecule has 19 heavy (non-hydrogen) atoms. The topological polar surface area (TPSA) is 52.9 Å². The van der Waals surface area contributed by atoms with E-state index < -0.39 is 5.38 Å². The van der Waals surface area contributed by atoms with Crippen LogP contribution in [0.4, 0.5) is 5.00 Å². The van der Waals surface area contributed by atoms with E-state index in [2.05, 4.69) is 11.4 Å². The van der Waals surface area contributed by atoms with E-state index in [1.54, 1.807) is 18.3 Å². The van der Waals surface area contributed by atoms with Crippen LogP contribution in [0.1, 0.15) is 48.6 Å². The normalized spacial score (nSPS) is 16.7. The SMILES string of the molecule is C[C@H](Cl)C(=O)Nc1sc2c(c1C#N)CCCCCC2. The summed E-state index contributed by atoms with van der Waals surface area (Å²) in [4.78, 5) is 12.9. The van der Waals surface area contributed by atoms with Crippen LogP contribution in [0.15, 0.2) is 0 Å². The maximum absolute atomic E-state index is 11.7. The Balaban J connectivity index is 2.31. The van der Waals surface area contributed by atoms with Crippen molar-refractivity contribution in [3.63, 3.8) is 0 Å². The number of nitriles is 1. The maximum Gasteiger partial charge on any atom is 0.242 e. The third-order valence-electron chi connectivity index (χ3n) is 3.38. The van der Waals surface area contributed by atoms with Crippen molar-refractivity contribution in [3.8, 4) is 6.07 Å². The molecule has 1 amide bonds. The van der Waals surface area contributed by atoms with Gasteiger partial charge in [-0.25, -0.2) is 0 Å². The van der Waals surface area contributed by atoms with Crippen molar-refractivity contribution in [1.82, 2.24) is 0 Å². The van der Waals surface area contributed by atoms with E-state index in [0.29, 0.717) is 10.6 Å². The number of aryl methyl sites for hydroxylation is 1. The van der Waals surface area contributed by atoms with Gasteiger partial charge in [0.25, 0.3) is 0 Å². The van der Waals surface area contributed by atoms with Crippen molar-refractivity contribution in [2.75, 3.05) is 5.32 Å². The van der Waals surface area contributed by atoms with Crippen LogP contribution < -0.4 is 5.32 Å². The first-order chi connectivity index (χ1) is 9.13. The van der Waals surface area contributed by atoms with E-state index >= 15 is 0 Å². The molecule has 5 heteroatoms. The number of fused-ring (bicyclic) bond motifs is 1. The molecule has 0 spiro atoms. The third kappa shape index (κ3) is 3.29. The quantitative estimate of drug-likeness (QED) is 0.843. The Hall–Kier alpha value is -1.05. The number of amides is 1. The van der Waals surface area contributed by atoms with Crippen LogP contribution in [0.3, 0.4) is 0 Å². The second-order valence-electron chi connectivity index (χ2n) is 4.84. The minimum atomic E-state index is -0.587. The molecule has 1 aromatic heterocycles. The van der Waals surface area contributed by atoms with Crippen LogP contribution in [0.2, 0.25) is 0 Å². The smallest absolute Gasteiger partial charge is 0.242 e. The van der Waals surface area contributed by atoms with Gasteiger partial charge in [0, 0.05) is 4.88 Å². The fourth-order valence-electron chi connectivity index (χ4n) is 2.34.